The molecule has 1 heterocycles. The minimum Gasteiger partial charge on any atom is -0.389 e. The summed E-state index contributed by atoms with van der Waals surface area (Å²) in [5.41, 5.74) is 0.389. The minimum atomic E-state index is -0.552. The number of rotatable bonds is 10. The van der Waals surface area contributed by atoms with Crippen LogP contribution >= 0.6 is 0 Å². The van der Waals surface area contributed by atoms with E-state index in [0.29, 0.717) is 51.6 Å². The van der Waals surface area contributed by atoms with Gasteiger partial charge in [0.05, 0.1) is 37.6 Å². The van der Waals surface area contributed by atoms with Gasteiger partial charge in [-0.2, -0.15) is 0 Å². The van der Waals surface area contributed by atoms with Crippen molar-refractivity contribution < 1.29 is 24.1 Å². The number of hydrogen-bond donors (Lipinski definition) is 1. The van der Waals surface area contributed by atoms with Gasteiger partial charge in [-0.15, -0.1) is 0 Å². The lowest BCUT2D eigenvalue weighted by Crippen LogP contribution is -2.51. The van der Waals surface area contributed by atoms with Crippen molar-refractivity contribution in [2.75, 3.05) is 59.7 Å². The highest BCUT2D eigenvalue weighted by Gasteiger charge is 2.27. The van der Waals surface area contributed by atoms with Crippen molar-refractivity contribution in [3.05, 3.63) is 35.9 Å². The maximum Gasteiger partial charge on any atom is 0.254 e. The molecule has 1 aromatic rings. The fourth-order valence-corrected chi connectivity index (χ4v) is 3.24. The Morgan fingerprint density at radius 3 is 2.72 bits per heavy atom. The smallest absolute Gasteiger partial charge is 0.254 e. The van der Waals surface area contributed by atoms with Crippen LogP contribution in [0.4, 0.5) is 0 Å². The molecule has 0 bridgehead atoms. The molecule has 29 heavy (non-hydrogen) atoms. The lowest BCUT2D eigenvalue weighted by Gasteiger charge is -2.36. The van der Waals surface area contributed by atoms with Crippen LogP contribution in [0.25, 0.3) is 0 Å². The Labute approximate surface area is 174 Å². The van der Waals surface area contributed by atoms with Crippen LogP contribution in [0.5, 0.6) is 0 Å². The molecule has 164 valence electrons. The maximum absolute atomic E-state index is 12.9. The molecule has 7 nitrogen and oxygen atoms in total. The summed E-state index contributed by atoms with van der Waals surface area (Å²) < 4.78 is 16.8. The number of methoxy groups -OCH3 is 1. The summed E-state index contributed by atoms with van der Waals surface area (Å²) >= 11 is 0. The van der Waals surface area contributed by atoms with E-state index in [4.69, 9.17) is 14.2 Å². The number of amides is 1. The molecule has 0 saturated carbocycles. The number of hydrogen-bond acceptors (Lipinski definition) is 6. The molecular formula is C22H36N2O5. The van der Waals surface area contributed by atoms with E-state index in [0.717, 1.165) is 6.54 Å². The summed E-state index contributed by atoms with van der Waals surface area (Å²) in [5, 5.41) is 10.3. The molecule has 0 aliphatic carbocycles. The molecule has 0 spiro atoms. The second kappa shape index (κ2) is 11.6. The predicted molar refractivity (Wildman–Crippen MR) is 112 cm³/mol. The van der Waals surface area contributed by atoms with E-state index in [1.807, 2.05) is 51.1 Å². The van der Waals surface area contributed by atoms with Gasteiger partial charge in [-0.05, 0) is 32.9 Å². The van der Waals surface area contributed by atoms with E-state index in [9.17, 15) is 9.90 Å². The average Bonchev–Trinajstić information content (AvgIpc) is 2.69. The summed E-state index contributed by atoms with van der Waals surface area (Å²) in [6, 6.07) is 9.26. The Hall–Kier alpha value is -1.51. The Morgan fingerprint density at radius 2 is 2.07 bits per heavy atom. The number of aliphatic hydroxyl groups excluding tert-OH is 1. The summed E-state index contributed by atoms with van der Waals surface area (Å²) in [6.07, 6.45) is -0.660. The van der Waals surface area contributed by atoms with Crippen molar-refractivity contribution in [2.45, 2.75) is 38.6 Å². The number of aliphatic hydroxyl groups is 1. The molecule has 1 saturated heterocycles. The van der Waals surface area contributed by atoms with Crippen molar-refractivity contribution in [2.24, 2.45) is 0 Å². The van der Waals surface area contributed by atoms with Gasteiger partial charge in [-0.3, -0.25) is 9.69 Å². The third-order valence-electron chi connectivity index (χ3n) is 4.70. The zero-order valence-electron chi connectivity index (χ0n) is 18.2. The molecule has 0 aromatic heterocycles. The van der Waals surface area contributed by atoms with Crippen molar-refractivity contribution in [1.82, 2.24) is 9.80 Å². The van der Waals surface area contributed by atoms with Crippen molar-refractivity contribution in [3.63, 3.8) is 0 Å². The van der Waals surface area contributed by atoms with E-state index >= 15 is 0 Å². The Bertz CT molecular complexity index is 605. The quantitative estimate of drug-likeness (QED) is 0.635. The van der Waals surface area contributed by atoms with Crippen LogP contribution < -0.4 is 0 Å². The summed E-state index contributed by atoms with van der Waals surface area (Å²) in [7, 11) is 1.63. The number of β-amino-alcohol motifs (C(OH)–C–C–N with tert-alkyl or cyclic N) is 1. The fourth-order valence-electron chi connectivity index (χ4n) is 3.24. The largest absolute Gasteiger partial charge is 0.389 e. The minimum absolute atomic E-state index is 0.0259. The lowest BCUT2D eigenvalue weighted by atomic mass is 10.1. The first-order chi connectivity index (χ1) is 13.8. The van der Waals surface area contributed by atoms with E-state index in [2.05, 4.69) is 4.90 Å². The van der Waals surface area contributed by atoms with Crippen LogP contribution in [-0.2, 0) is 14.2 Å². The highest BCUT2D eigenvalue weighted by Crippen LogP contribution is 2.12. The lowest BCUT2D eigenvalue weighted by molar-refractivity contribution is -0.0784. The van der Waals surface area contributed by atoms with Crippen LogP contribution in [0.3, 0.4) is 0 Å². The zero-order valence-corrected chi connectivity index (χ0v) is 18.2. The summed E-state index contributed by atoms with van der Waals surface area (Å²) in [4.78, 5) is 16.9. The van der Waals surface area contributed by atoms with E-state index in [-0.39, 0.29) is 17.6 Å². The van der Waals surface area contributed by atoms with Crippen molar-refractivity contribution in [1.29, 1.82) is 0 Å². The van der Waals surface area contributed by atoms with Gasteiger partial charge in [-0.1, -0.05) is 18.2 Å². The van der Waals surface area contributed by atoms with Gasteiger partial charge in [-0.25, -0.2) is 0 Å². The van der Waals surface area contributed by atoms with E-state index in [1.165, 1.54) is 0 Å². The molecule has 1 N–H and O–H groups in total. The molecule has 2 atom stereocenters. The number of carbonyl (C=O) groups is 1. The molecule has 0 radical (unpaired) electrons. The molecular weight excluding hydrogens is 372 g/mol. The first-order valence-corrected chi connectivity index (χ1v) is 10.3. The van der Waals surface area contributed by atoms with E-state index in [1.54, 1.807) is 12.0 Å². The predicted octanol–water partition coefficient (Wildman–Crippen LogP) is 1.65. The number of nitrogens with zero attached hydrogens (tertiary/aromatic N) is 2. The number of ether oxygens (including phenoxy) is 3. The third-order valence-corrected chi connectivity index (χ3v) is 4.70. The first kappa shape index (κ1) is 23.8. The molecule has 1 fully saturated rings. The normalized spacial score (nSPS) is 19.1. The van der Waals surface area contributed by atoms with E-state index < -0.39 is 6.10 Å². The number of morpholine rings is 1. The second-order valence-electron chi connectivity index (χ2n) is 8.44. The monoisotopic (exact) mass is 408 g/mol. The molecule has 1 aliphatic heterocycles. The molecule has 1 aromatic carbocycles. The number of benzene rings is 1. The molecule has 7 heteroatoms. The summed E-state index contributed by atoms with van der Waals surface area (Å²) in [5.74, 6) is -0.0259. The fraction of sp³-hybridized carbons (Fsp3) is 0.682. The highest BCUT2D eigenvalue weighted by atomic mass is 16.5. The standard InChI is InChI=1S/C22H36N2O5/c1-22(2,3)29-17-19(25)14-23-10-13-28-20(15-23)16-24(11-12-27-4)21(26)18-8-6-5-7-9-18/h5-9,19-20,25H,10-17H2,1-4H3/t19-,20+/m0/s1. The second-order valence-corrected chi connectivity index (χ2v) is 8.44. The first-order valence-electron chi connectivity index (χ1n) is 10.3. The Morgan fingerprint density at radius 1 is 1.34 bits per heavy atom. The highest BCUT2D eigenvalue weighted by molar-refractivity contribution is 5.94. The zero-order chi connectivity index (χ0) is 21.3. The van der Waals surface area contributed by atoms with Gasteiger partial charge in [0.1, 0.15) is 0 Å². The van der Waals surface area contributed by atoms with Gasteiger partial charge >= 0.3 is 0 Å². The molecule has 2 rings (SSSR count). The van der Waals surface area contributed by atoms with Gasteiger partial charge in [0.25, 0.3) is 5.91 Å². The maximum atomic E-state index is 12.9. The van der Waals surface area contributed by atoms with Gasteiger partial charge in [0.15, 0.2) is 0 Å². The van der Waals surface area contributed by atoms with Crippen molar-refractivity contribution >= 4 is 5.91 Å². The Balaban J connectivity index is 1.90. The molecule has 0 unspecified atom stereocenters. The van der Waals surface area contributed by atoms with Gasteiger partial charge < -0.3 is 24.2 Å². The third kappa shape index (κ3) is 8.80. The topological polar surface area (TPSA) is 71.5 Å². The number of carbonyl (C=O) groups excluding carboxylic acids is 1. The van der Waals surface area contributed by atoms with Crippen LogP contribution in [0.1, 0.15) is 31.1 Å². The Kier molecular flexibility index (Phi) is 9.52. The van der Waals surface area contributed by atoms with Crippen LogP contribution in [0.15, 0.2) is 30.3 Å². The molecule has 1 aliphatic rings. The van der Waals surface area contributed by atoms with Crippen LogP contribution in [0.2, 0.25) is 0 Å². The SMILES string of the molecule is COCCN(C[C@H]1CN(C[C@H](O)COC(C)(C)C)CCO1)C(=O)c1ccccc1. The van der Waals surface area contributed by atoms with Gasteiger partial charge in [0.2, 0.25) is 0 Å². The van der Waals surface area contributed by atoms with Gasteiger partial charge in [0, 0.05) is 45.4 Å². The van der Waals surface area contributed by atoms with Crippen LogP contribution in [0, 0.1) is 0 Å². The summed E-state index contributed by atoms with van der Waals surface area (Å²) in [6.45, 7) is 10.2. The molecule has 1 amide bonds. The van der Waals surface area contributed by atoms with Crippen LogP contribution in [-0.4, -0.2) is 98.3 Å². The van der Waals surface area contributed by atoms with Crippen molar-refractivity contribution in [3.8, 4) is 0 Å². The average molecular weight is 409 g/mol.